The van der Waals surface area contributed by atoms with Gasteiger partial charge in [0.2, 0.25) is 18.6 Å². The number of amides is 2. The monoisotopic (exact) mass is 337 g/mol. The number of carbonyl (C=O) groups excluding carboxylic acids is 2. The Balaban J connectivity index is 1.61. The molecule has 0 bridgehead atoms. The molecule has 4 rings (SSSR count). The van der Waals surface area contributed by atoms with E-state index in [9.17, 15) is 9.59 Å². The number of hydrogen-bond donors (Lipinski definition) is 0. The largest absolute Gasteiger partial charge is 0.454 e. The molecule has 2 amide bonds. The zero-order valence-corrected chi connectivity index (χ0v) is 13.8. The molecule has 5 nitrogen and oxygen atoms in total. The molecular weight excluding hydrogens is 318 g/mol. The first-order valence-corrected chi connectivity index (χ1v) is 8.50. The van der Waals surface area contributed by atoms with Gasteiger partial charge in [-0.3, -0.25) is 14.5 Å². The van der Waals surface area contributed by atoms with E-state index in [2.05, 4.69) is 12.1 Å². The van der Waals surface area contributed by atoms with Crippen LogP contribution in [0.4, 0.5) is 0 Å². The highest BCUT2D eigenvalue weighted by atomic mass is 16.7. The zero-order valence-electron chi connectivity index (χ0n) is 13.8. The third-order valence-electron chi connectivity index (χ3n) is 4.80. The number of rotatable bonds is 5. The van der Waals surface area contributed by atoms with Crippen LogP contribution in [-0.2, 0) is 9.59 Å². The lowest BCUT2D eigenvalue weighted by atomic mass is 9.88. The van der Waals surface area contributed by atoms with Gasteiger partial charge in [0.25, 0.3) is 0 Å². The minimum atomic E-state index is -0.0671. The van der Waals surface area contributed by atoms with Crippen molar-refractivity contribution in [1.29, 1.82) is 0 Å². The number of fused-ring (bicyclic) bond motifs is 1. The first-order chi connectivity index (χ1) is 12.2. The molecule has 0 saturated carbocycles. The molecule has 1 atom stereocenters. The third-order valence-corrected chi connectivity index (χ3v) is 4.80. The number of likely N-dealkylation sites (tertiary alicyclic amines) is 1. The van der Waals surface area contributed by atoms with Gasteiger partial charge in [-0.05, 0) is 29.7 Å². The lowest BCUT2D eigenvalue weighted by Gasteiger charge is -2.21. The molecule has 1 fully saturated rings. The molecule has 0 radical (unpaired) electrons. The third kappa shape index (κ3) is 3.09. The molecular formula is C20H19NO4. The smallest absolute Gasteiger partial charge is 0.231 e. The van der Waals surface area contributed by atoms with Gasteiger partial charge in [-0.25, -0.2) is 0 Å². The molecule has 1 unspecified atom stereocenters. The molecule has 2 aliphatic heterocycles. The Morgan fingerprint density at radius 3 is 2.36 bits per heavy atom. The van der Waals surface area contributed by atoms with Crippen LogP contribution in [-0.4, -0.2) is 30.1 Å². The normalized spacial score (nSPS) is 17.2. The van der Waals surface area contributed by atoms with Crippen LogP contribution < -0.4 is 9.47 Å². The van der Waals surface area contributed by atoms with E-state index in [-0.39, 0.29) is 24.5 Å². The Kier molecular flexibility index (Phi) is 4.14. The topological polar surface area (TPSA) is 55.8 Å². The van der Waals surface area contributed by atoms with Crippen LogP contribution in [0.3, 0.4) is 0 Å². The molecule has 0 aromatic heterocycles. The van der Waals surface area contributed by atoms with E-state index >= 15 is 0 Å². The van der Waals surface area contributed by atoms with Crippen molar-refractivity contribution in [3.63, 3.8) is 0 Å². The van der Waals surface area contributed by atoms with Gasteiger partial charge in [-0.15, -0.1) is 0 Å². The fourth-order valence-corrected chi connectivity index (χ4v) is 3.47. The zero-order chi connectivity index (χ0) is 17.2. The van der Waals surface area contributed by atoms with Crippen molar-refractivity contribution in [2.45, 2.75) is 25.2 Å². The van der Waals surface area contributed by atoms with Crippen molar-refractivity contribution in [2.24, 2.45) is 0 Å². The predicted octanol–water partition coefficient (Wildman–Crippen LogP) is 3.09. The Bertz CT molecular complexity index is 787. The van der Waals surface area contributed by atoms with E-state index in [1.165, 1.54) is 4.90 Å². The molecule has 0 spiro atoms. The molecule has 0 N–H and O–H groups in total. The highest BCUT2D eigenvalue weighted by Crippen LogP contribution is 2.37. The summed E-state index contributed by atoms with van der Waals surface area (Å²) >= 11 is 0. The minimum absolute atomic E-state index is 0.0671. The van der Waals surface area contributed by atoms with Gasteiger partial charge in [-0.2, -0.15) is 0 Å². The highest BCUT2D eigenvalue weighted by molar-refractivity contribution is 6.01. The van der Waals surface area contributed by atoms with Gasteiger partial charge >= 0.3 is 0 Å². The van der Waals surface area contributed by atoms with Gasteiger partial charge in [0.05, 0.1) is 0 Å². The average Bonchev–Trinajstić information content (AvgIpc) is 3.23. The minimum Gasteiger partial charge on any atom is -0.454 e. The molecule has 25 heavy (non-hydrogen) atoms. The van der Waals surface area contributed by atoms with E-state index in [4.69, 9.17) is 9.47 Å². The molecule has 2 aliphatic rings. The summed E-state index contributed by atoms with van der Waals surface area (Å²) in [4.78, 5) is 25.2. The Labute approximate surface area is 146 Å². The van der Waals surface area contributed by atoms with Crippen molar-refractivity contribution < 1.29 is 19.1 Å². The van der Waals surface area contributed by atoms with Crippen LogP contribution in [0.5, 0.6) is 11.5 Å². The van der Waals surface area contributed by atoms with Crippen molar-refractivity contribution in [1.82, 2.24) is 4.90 Å². The van der Waals surface area contributed by atoms with Crippen LogP contribution in [0.2, 0.25) is 0 Å². The van der Waals surface area contributed by atoms with Crippen LogP contribution >= 0.6 is 0 Å². The molecule has 128 valence electrons. The maximum Gasteiger partial charge on any atom is 0.231 e. The average molecular weight is 337 g/mol. The maximum atomic E-state index is 11.9. The second-order valence-electron chi connectivity index (χ2n) is 6.30. The van der Waals surface area contributed by atoms with E-state index in [1.54, 1.807) is 0 Å². The second-order valence-corrected chi connectivity index (χ2v) is 6.30. The Hall–Kier alpha value is -2.82. The Morgan fingerprint density at radius 2 is 1.60 bits per heavy atom. The number of nitrogens with zero attached hydrogens (tertiary/aromatic N) is 1. The van der Waals surface area contributed by atoms with E-state index in [0.29, 0.717) is 25.8 Å². The summed E-state index contributed by atoms with van der Waals surface area (Å²) in [6.45, 7) is 0.678. The lowest BCUT2D eigenvalue weighted by Crippen LogP contribution is -2.31. The van der Waals surface area contributed by atoms with E-state index < -0.39 is 0 Å². The molecule has 5 heteroatoms. The van der Waals surface area contributed by atoms with Crippen molar-refractivity contribution in [2.75, 3.05) is 13.3 Å². The predicted molar refractivity (Wildman–Crippen MR) is 91.4 cm³/mol. The summed E-state index contributed by atoms with van der Waals surface area (Å²) in [6.07, 6.45) is 1.35. The number of ether oxygens (including phenoxy) is 2. The molecule has 0 aliphatic carbocycles. The molecule has 2 aromatic rings. The van der Waals surface area contributed by atoms with Crippen molar-refractivity contribution in [3.8, 4) is 11.5 Å². The molecule has 2 aromatic carbocycles. The maximum absolute atomic E-state index is 11.9. The first-order valence-electron chi connectivity index (χ1n) is 8.50. The fourth-order valence-electron chi connectivity index (χ4n) is 3.47. The molecule has 2 heterocycles. The summed E-state index contributed by atoms with van der Waals surface area (Å²) < 4.78 is 10.9. The number of hydrogen-bond acceptors (Lipinski definition) is 4. The number of imide groups is 1. The van der Waals surface area contributed by atoms with Gasteiger partial charge in [-0.1, -0.05) is 36.4 Å². The number of benzene rings is 2. The lowest BCUT2D eigenvalue weighted by molar-refractivity contribution is -0.138. The van der Waals surface area contributed by atoms with Crippen molar-refractivity contribution in [3.05, 3.63) is 59.7 Å². The van der Waals surface area contributed by atoms with Crippen LogP contribution in [0.15, 0.2) is 48.5 Å². The summed E-state index contributed by atoms with van der Waals surface area (Å²) in [5.41, 5.74) is 2.25. The van der Waals surface area contributed by atoms with E-state index in [1.807, 2.05) is 36.4 Å². The van der Waals surface area contributed by atoms with Crippen LogP contribution in [0.1, 0.15) is 36.3 Å². The fraction of sp³-hybridized carbons (Fsp3) is 0.300. The highest BCUT2D eigenvalue weighted by Gasteiger charge is 2.29. The SMILES string of the molecule is O=C1CCC(=O)N1CCC(c1ccccc1)c1ccc2c(c1)OCO2. The van der Waals surface area contributed by atoms with Crippen LogP contribution in [0.25, 0.3) is 0 Å². The first kappa shape index (κ1) is 15.7. The van der Waals surface area contributed by atoms with E-state index in [0.717, 1.165) is 22.6 Å². The van der Waals surface area contributed by atoms with Crippen molar-refractivity contribution >= 4 is 11.8 Å². The van der Waals surface area contributed by atoms with Gasteiger partial charge < -0.3 is 9.47 Å². The summed E-state index contributed by atoms with van der Waals surface area (Å²) in [5, 5.41) is 0. The number of carbonyl (C=O) groups is 2. The summed E-state index contributed by atoms with van der Waals surface area (Å²) in [6, 6.07) is 16.1. The molecule has 1 saturated heterocycles. The van der Waals surface area contributed by atoms with Gasteiger partial charge in [0.1, 0.15) is 0 Å². The second kappa shape index (κ2) is 6.59. The quantitative estimate of drug-likeness (QED) is 0.787. The van der Waals surface area contributed by atoms with Crippen LogP contribution in [0, 0.1) is 0 Å². The Morgan fingerprint density at radius 1 is 0.880 bits per heavy atom. The van der Waals surface area contributed by atoms with Gasteiger partial charge in [0.15, 0.2) is 11.5 Å². The summed E-state index contributed by atoms with van der Waals surface area (Å²) in [7, 11) is 0. The summed E-state index contributed by atoms with van der Waals surface area (Å²) in [5.74, 6) is 1.44. The standard InChI is InChI=1S/C20H19NO4/c22-19-8-9-20(23)21(19)11-10-16(14-4-2-1-3-5-14)15-6-7-17-18(12-15)25-13-24-17/h1-7,12,16H,8-11,13H2. The van der Waals surface area contributed by atoms with Gasteiger partial charge in [0, 0.05) is 25.3 Å².